The second kappa shape index (κ2) is 7.85. The number of carbonyl (C=O) groups is 2. The van der Waals surface area contributed by atoms with Crippen LogP contribution in [0.2, 0.25) is 0 Å². The number of amides is 2. The summed E-state index contributed by atoms with van der Waals surface area (Å²) >= 11 is 0. The molecule has 0 heterocycles. The van der Waals surface area contributed by atoms with Gasteiger partial charge in [-0.2, -0.15) is 0 Å². The molecule has 0 aliphatic carbocycles. The highest BCUT2D eigenvalue weighted by molar-refractivity contribution is 5.85. The first-order valence-corrected chi connectivity index (χ1v) is 7.56. The van der Waals surface area contributed by atoms with Crippen LogP contribution in [0, 0.1) is 0 Å². The van der Waals surface area contributed by atoms with Crippen LogP contribution in [-0.4, -0.2) is 30.8 Å². The minimum absolute atomic E-state index is 0.184. The molecular weight excluding hydrogens is 296 g/mol. The van der Waals surface area contributed by atoms with Crippen LogP contribution in [-0.2, 0) is 9.53 Å². The van der Waals surface area contributed by atoms with E-state index in [-0.39, 0.29) is 11.9 Å². The minimum Gasteiger partial charge on any atom is -0.497 e. The van der Waals surface area contributed by atoms with E-state index in [1.165, 1.54) is 0 Å². The van der Waals surface area contributed by atoms with E-state index in [9.17, 15) is 9.59 Å². The molecule has 0 saturated carbocycles. The number of hydrogen-bond donors (Lipinski definition) is 2. The number of carbonyl (C=O) groups excluding carboxylic acids is 2. The van der Waals surface area contributed by atoms with Crippen molar-refractivity contribution in [3.8, 4) is 5.75 Å². The van der Waals surface area contributed by atoms with Crippen LogP contribution in [0.5, 0.6) is 5.75 Å². The van der Waals surface area contributed by atoms with Gasteiger partial charge in [-0.3, -0.25) is 4.79 Å². The Labute approximate surface area is 137 Å². The van der Waals surface area contributed by atoms with Crippen LogP contribution in [0.4, 0.5) is 4.79 Å². The van der Waals surface area contributed by atoms with Crippen LogP contribution >= 0.6 is 0 Å². The Balaban J connectivity index is 2.54. The number of hydrogen-bond acceptors (Lipinski definition) is 4. The molecule has 6 nitrogen and oxygen atoms in total. The molecule has 23 heavy (non-hydrogen) atoms. The van der Waals surface area contributed by atoms with Gasteiger partial charge in [-0.1, -0.05) is 12.1 Å². The monoisotopic (exact) mass is 322 g/mol. The summed E-state index contributed by atoms with van der Waals surface area (Å²) in [5.41, 5.74) is 0.347. The van der Waals surface area contributed by atoms with Crippen molar-refractivity contribution in [2.45, 2.75) is 52.3 Å². The lowest BCUT2D eigenvalue weighted by atomic mass is 10.1. The van der Waals surface area contributed by atoms with E-state index in [1.54, 1.807) is 34.8 Å². The van der Waals surface area contributed by atoms with Gasteiger partial charge in [0.25, 0.3) is 0 Å². The average Bonchev–Trinajstić information content (AvgIpc) is 2.45. The van der Waals surface area contributed by atoms with Crippen LogP contribution in [0.15, 0.2) is 24.3 Å². The van der Waals surface area contributed by atoms with Crippen molar-refractivity contribution >= 4 is 12.0 Å². The molecule has 2 unspecified atom stereocenters. The minimum atomic E-state index is -0.689. The zero-order valence-corrected chi connectivity index (χ0v) is 14.6. The molecule has 1 aromatic rings. The molecular formula is C17H26N2O4. The highest BCUT2D eigenvalue weighted by atomic mass is 16.6. The van der Waals surface area contributed by atoms with Gasteiger partial charge in [-0.05, 0) is 52.3 Å². The van der Waals surface area contributed by atoms with Gasteiger partial charge in [0, 0.05) is 0 Å². The number of benzene rings is 1. The zero-order chi connectivity index (χ0) is 17.6. The average molecular weight is 322 g/mol. The molecule has 128 valence electrons. The molecule has 1 aromatic carbocycles. The fraction of sp³-hybridized carbons (Fsp3) is 0.529. The maximum absolute atomic E-state index is 12.1. The summed E-state index contributed by atoms with van der Waals surface area (Å²) in [5, 5.41) is 5.37. The Bertz CT molecular complexity index is 535. The summed E-state index contributed by atoms with van der Waals surface area (Å²) in [4.78, 5) is 23.8. The van der Waals surface area contributed by atoms with Crippen LogP contribution in [0.1, 0.15) is 46.2 Å². The normalized spacial score (nSPS) is 13.7. The predicted molar refractivity (Wildman–Crippen MR) is 88.4 cm³/mol. The molecule has 0 aliphatic rings. The second-order valence-electron chi connectivity index (χ2n) is 6.37. The topological polar surface area (TPSA) is 76.7 Å². The smallest absolute Gasteiger partial charge is 0.408 e. The quantitative estimate of drug-likeness (QED) is 0.874. The third-order valence-electron chi connectivity index (χ3n) is 3.10. The van der Waals surface area contributed by atoms with E-state index in [0.717, 1.165) is 11.3 Å². The molecule has 0 radical (unpaired) electrons. The number of methoxy groups -OCH3 is 1. The van der Waals surface area contributed by atoms with E-state index in [2.05, 4.69) is 10.6 Å². The predicted octanol–water partition coefficient (Wildman–Crippen LogP) is 2.79. The first-order chi connectivity index (χ1) is 10.6. The highest BCUT2D eigenvalue weighted by Gasteiger charge is 2.22. The SMILES string of the molecule is COc1ccc(C(C)NC(=O)C(C)NC(=O)OC(C)(C)C)cc1. The second-order valence-corrected chi connectivity index (χ2v) is 6.37. The maximum Gasteiger partial charge on any atom is 0.408 e. The molecule has 2 N–H and O–H groups in total. The first kappa shape index (κ1) is 18.8. The van der Waals surface area contributed by atoms with Gasteiger partial charge in [-0.15, -0.1) is 0 Å². The zero-order valence-electron chi connectivity index (χ0n) is 14.6. The lowest BCUT2D eigenvalue weighted by molar-refractivity contribution is -0.123. The van der Waals surface area contributed by atoms with Crippen LogP contribution in [0.3, 0.4) is 0 Å². The van der Waals surface area contributed by atoms with E-state index in [4.69, 9.17) is 9.47 Å². The highest BCUT2D eigenvalue weighted by Crippen LogP contribution is 2.17. The summed E-state index contributed by atoms with van der Waals surface area (Å²) in [7, 11) is 1.60. The summed E-state index contributed by atoms with van der Waals surface area (Å²) in [6, 6.07) is 6.56. The number of alkyl carbamates (subject to hydrolysis) is 1. The number of ether oxygens (including phenoxy) is 2. The van der Waals surface area contributed by atoms with E-state index < -0.39 is 17.7 Å². The van der Waals surface area contributed by atoms with Gasteiger partial charge in [0.05, 0.1) is 13.2 Å². The molecule has 0 saturated heterocycles. The van der Waals surface area contributed by atoms with Gasteiger partial charge in [-0.25, -0.2) is 4.79 Å². The number of nitrogens with one attached hydrogen (secondary N) is 2. The maximum atomic E-state index is 12.1. The molecule has 2 atom stereocenters. The molecule has 0 fully saturated rings. The molecule has 0 aromatic heterocycles. The fourth-order valence-corrected chi connectivity index (χ4v) is 1.86. The molecule has 0 bridgehead atoms. The van der Waals surface area contributed by atoms with E-state index in [1.807, 2.05) is 31.2 Å². The van der Waals surface area contributed by atoms with Crippen molar-refractivity contribution < 1.29 is 19.1 Å². The van der Waals surface area contributed by atoms with Crippen LogP contribution in [0.25, 0.3) is 0 Å². The lowest BCUT2D eigenvalue weighted by Gasteiger charge is -2.22. The largest absolute Gasteiger partial charge is 0.497 e. The van der Waals surface area contributed by atoms with Crippen molar-refractivity contribution in [1.82, 2.24) is 10.6 Å². The van der Waals surface area contributed by atoms with Crippen molar-refractivity contribution in [2.24, 2.45) is 0 Å². The Morgan fingerprint density at radius 3 is 2.09 bits per heavy atom. The fourth-order valence-electron chi connectivity index (χ4n) is 1.86. The molecule has 1 rings (SSSR count). The molecule has 0 spiro atoms. The van der Waals surface area contributed by atoms with Gasteiger partial charge >= 0.3 is 6.09 Å². The van der Waals surface area contributed by atoms with Gasteiger partial charge in [0.1, 0.15) is 17.4 Å². The Hall–Kier alpha value is -2.24. The summed E-state index contributed by atoms with van der Waals surface area (Å²) in [6.45, 7) is 8.79. The lowest BCUT2D eigenvalue weighted by Crippen LogP contribution is -2.47. The van der Waals surface area contributed by atoms with Gasteiger partial charge < -0.3 is 20.1 Å². The van der Waals surface area contributed by atoms with Crippen molar-refractivity contribution in [1.29, 1.82) is 0 Å². The van der Waals surface area contributed by atoms with E-state index in [0.29, 0.717) is 0 Å². The van der Waals surface area contributed by atoms with Gasteiger partial charge in [0.15, 0.2) is 0 Å². The standard InChI is InChI=1S/C17H26N2O4/c1-11(13-7-9-14(22-6)10-8-13)18-15(20)12(2)19-16(21)23-17(3,4)5/h7-12H,1-6H3,(H,18,20)(H,19,21). The van der Waals surface area contributed by atoms with Crippen LogP contribution < -0.4 is 15.4 Å². The summed E-state index contributed by atoms with van der Waals surface area (Å²) < 4.78 is 10.2. The van der Waals surface area contributed by atoms with Gasteiger partial charge in [0.2, 0.25) is 5.91 Å². The van der Waals surface area contributed by atoms with Crippen molar-refractivity contribution in [3.63, 3.8) is 0 Å². The summed E-state index contributed by atoms with van der Waals surface area (Å²) in [6.07, 6.45) is -0.614. The molecule has 6 heteroatoms. The Morgan fingerprint density at radius 2 is 1.61 bits per heavy atom. The Morgan fingerprint density at radius 1 is 1.04 bits per heavy atom. The molecule has 2 amide bonds. The third-order valence-corrected chi connectivity index (χ3v) is 3.10. The first-order valence-electron chi connectivity index (χ1n) is 7.56. The molecule has 0 aliphatic heterocycles. The number of rotatable bonds is 5. The Kier molecular flexibility index (Phi) is 6.42. The van der Waals surface area contributed by atoms with Crippen molar-refractivity contribution in [2.75, 3.05) is 7.11 Å². The third kappa shape index (κ3) is 6.59. The summed E-state index contributed by atoms with van der Waals surface area (Å²) in [5.74, 6) is 0.478. The van der Waals surface area contributed by atoms with E-state index >= 15 is 0 Å². The van der Waals surface area contributed by atoms with Crippen molar-refractivity contribution in [3.05, 3.63) is 29.8 Å².